The third kappa shape index (κ3) is 4.86. The molecule has 2 aromatic carbocycles. The molecule has 0 saturated heterocycles. The summed E-state index contributed by atoms with van der Waals surface area (Å²) in [5, 5.41) is 13.6. The molecule has 1 N–H and O–H groups in total. The van der Waals surface area contributed by atoms with Gasteiger partial charge in [0, 0.05) is 11.8 Å². The second-order valence-corrected chi connectivity index (χ2v) is 5.93. The Hall–Kier alpha value is -3.95. The summed E-state index contributed by atoms with van der Waals surface area (Å²) in [5.41, 5.74) is 0.0349. The zero-order chi connectivity index (χ0) is 21.0. The Labute approximate surface area is 163 Å². The first kappa shape index (κ1) is 19.8. The van der Waals surface area contributed by atoms with Crippen LogP contribution in [0.2, 0.25) is 0 Å². The van der Waals surface area contributed by atoms with E-state index >= 15 is 0 Å². The maximum Gasteiger partial charge on any atom is 0.331 e. The molecule has 1 heterocycles. The van der Waals surface area contributed by atoms with E-state index in [1.807, 2.05) is 0 Å². The number of nitro groups is 1. The number of nitrogens with one attached hydrogen (secondary N) is 1. The van der Waals surface area contributed by atoms with Gasteiger partial charge in [0.15, 0.2) is 17.6 Å². The molecule has 29 heavy (non-hydrogen) atoms. The van der Waals surface area contributed by atoms with Gasteiger partial charge < -0.3 is 19.5 Å². The predicted octanol–water partition coefficient (Wildman–Crippen LogP) is 3.05. The largest absolute Gasteiger partial charge is 0.454 e. The number of carbonyl (C=O) groups excluding carboxylic acids is 2. The van der Waals surface area contributed by atoms with Crippen LogP contribution in [0.3, 0.4) is 0 Å². The molecular weight excluding hydrogens is 387 g/mol. The van der Waals surface area contributed by atoms with Gasteiger partial charge in [-0.05, 0) is 37.3 Å². The third-order valence-electron chi connectivity index (χ3n) is 3.87. The van der Waals surface area contributed by atoms with Crippen LogP contribution in [0.1, 0.15) is 12.5 Å². The Morgan fingerprint density at radius 2 is 2.00 bits per heavy atom. The summed E-state index contributed by atoms with van der Waals surface area (Å²) in [6, 6.07) is 7.80. The van der Waals surface area contributed by atoms with Gasteiger partial charge in [0.25, 0.3) is 11.6 Å². The number of hydrogen-bond donors (Lipinski definition) is 1. The lowest BCUT2D eigenvalue weighted by Gasteiger charge is -2.12. The normalized spacial score (nSPS) is 13.2. The maximum absolute atomic E-state index is 13.2. The van der Waals surface area contributed by atoms with Crippen molar-refractivity contribution in [1.82, 2.24) is 0 Å². The molecule has 1 aliphatic heterocycles. The van der Waals surface area contributed by atoms with Crippen molar-refractivity contribution in [2.45, 2.75) is 13.0 Å². The Morgan fingerprint density at radius 3 is 2.69 bits per heavy atom. The average molecular weight is 402 g/mol. The van der Waals surface area contributed by atoms with Crippen molar-refractivity contribution in [3.8, 4) is 11.5 Å². The van der Waals surface area contributed by atoms with E-state index in [0.29, 0.717) is 5.75 Å². The van der Waals surface area contributed by atoms with E-state index < -0.39 is 28.7 Å². The van der Waals surface area contributed by atoms with Crippen molar-refractivity contribution in [2.75, 3.05) is 12.1 Å². The van der Waals surface area contributed by atoms with Crippen molar-refractivity contribution >= 4 is 29.3 Å². The first-order chi connectivity index (χ1) is 13.8. The smallest absolute Gasteiger partial charge is 0.331 e. The van der Waals surface area contributed by atoms with Crippen molar-refractivity contribution in [2.24, 2.45) is 0 Å². The number of hydrogen-bond acceptors (Lipinski definition) is 7. The molecule has 9 nitrogen and oxygen atoms in total. The number of carbonyl (C=O) groups is 2. The molecule has 0 aromatic heterocycles. The number of fused-ring (bicyclic) bond motifs is 1. The molecule has 2 aromatic rings. The summed E-state index contributed by atoms with van der Waals surface area (Å²) in [5.74, 6) is -1.53. The SMILES string of the molecule is C[C@H](OC(=O)/C=C/c1cc2c(cc1[N+](=O)[O-])OCO2)C(=O)Nc1cccc(F)c1. The molecule has 1 aliphatic rings. The molecule has 0 saturated carbocycles. The molecule has 3 rings (SSSR count). The van der Waals surface area contributed by atoms with Gasteiger partial charge in [-0.3, -0.25) is 14.9 Å². The first-order valence-corrected chi connectivity index (χ1v) is 8.36. The lowest BCUT2D eigenvalue weighted by Crippen LogP contribution is -2.29. The number of rotatable bonds is 6. The van der Waals surface area contributed by atoms with Gasteiger partial charge >= 0.3 is 5.97 Å². The average Bonchev–Trinajstić information content (AvgIpc) is 3.12. The van der Waals surface area contributed by atoms with Crippen LogP contribution in [0.5, 0.6) is 11.5 Å². The lowest BCUT2D eigenvalue weighted by atomic mass is 10.1. The van der Waals surface area contributed by atoms with Crippen LogP contribution in [-0.2, 0) is 14.3 Å². The summed E-state index contributed by atoms with van der Waals surface area (Å²) < 4.78 is 28.4. The Balaban J connectivity index is 1.65. The van der Waals surface area contributed by atoms with E-state index in [4.69, 9.17) is 14.2 Å². The number of amides is 1. The molecule has 150 valence electrons. The summed E-state index contributed by atoms with van der Waals surface area (Å²) in [4.78, 5) is 34.6. The highest BCUT2D eigenvalue weighted by Crippen LogP contribution is 2.38. The second-order valence-electron chi connectivity index (χ2n) is 5.93. The highest BCUT2D eigenvalue weighted by Gasteiger charge is 2.22. The topological polar surface area (TPSA) is 117 Å². The summed E-state index contributed by atoms with van der Waals surface area (Å²) in [6.45, 7) is 1.28. The molecule has 0 unspecified atom stereocenters. The minimum Gasteiger partial charge on any atom is -0.454 e. The Bertz CT molecular complexity index is 1010. The molecule has 0 spiro atoms. The Morgan fingerprint density at radius 1 is 1.28 bits per heavy atom. The van der Waals surface area contributed by atoms with E-state index in [1.165, 1.54) is 43.3 Å². The van der Waals surface area contributed by atoms with Crippen molar-refractivity contribution in [3.05, 3.63) is 64.0 Å². The van der Waals surface area contributed by atoms with Gasteiger partial charge in [-0.25, -0.2) is 9.18 Å². The fourth-order valence-corrected chi connectivity index (χ4v) is 2.47. The molecule has 1 atom stereocenters. The third-order valence-corrected chi connectivity index (χ3v) is 3.87. The van der Waals surface area contributed by atoms with Gasteiger partial charge in [0.05, 0.1) is 16.6 Å². The zero-order valence-electron chi connectivity index (χ0n) is 15.1. The quantitative estimate of drug-likeness (QED) is 0.342. The molecular formula is C19H15FN2O7. The van der Waals surface area contributed by atoms with Gasteiger partial charge in [0.2, 0.25) is 6.79 Å². The monoisotopic (exact) mass is 402 g/mol. The summed E-state index contributed by atoms with van der Waals surface area (Å²) in [6.07, 6.45) is 0.956. The van der Waals surface area contributed by atoms with Crippen LogP contribution < -0.4 is 14.8 Å². The van der Waals surface area contributed by atoms with Gasteiger partial charge in [-0.15, -0.1) is 0 Å². The molecule has 1 amide bonds. The number of anilines is 1. The molecule has 0 fully saturated rings. The van der Waals surface area contributed by atoms with Gasteiger partial charge in [-0.1, -0.05) is 6.07 Å². The lowest BCUT2D eigenvalue weighted by molar-refractivity contribution is -0.385. The fourth-order valence-electron chi connectivity index (χ4n) is 2.47. The minimum atomic E-state index is -1.18. The molecule has 0 aliphatic carbocycles. The van der Waals surface area contributed by atoms with Crippen molar-refractivity contribution in [3.63, 3.8) is 0 Å². The van der Waals surface area contributed by atoms with Crippen LogP contribution in [0.25, 0.3) is 6.08 Å². The second kappa shape index (κ2) is 8.38. The van der Waals surface area contributed by atoms with Crippen molar-refractivity contribution < 1.29 is 33.1 Å². The van der Waals surface area contributed by atoms with Crippen LogP contribution in [0.15, 0.2) is 42.5 Å². The van der Waals surface area contributed by atoms with Gasteiger partial charge in [-0.2, -0.15) is 0 Å². The van der Waals surface area contributed by atoms with E-state index in [0.717, 1.165) is 12.1 Å². The maximum atomic E-state index is 13.2. The molecule has 0 radical (unpaired) electrons. The van der Waals surface area contributed by atoms with Crippen molar-refractivity contribution in [1.29, 1.82) is 0 Å². The Kier molecular flexibility index (Phi) is 5.72. The number of halogens is 1. The molecule has 0 bridgehead atoms. The standard InChI is InChI=1S/C19H15FN2O7/c1-11(19(24)21-14-4-2-3-13(20)8-14)29-18(23)6-5-12-7-16-17(28-10-27-16)9-15(12)22(25)26/h2-9,11H,10H2,1H3,(H,21,24)/b6-5+/t11-/m0/s1. The molecule has 10 heteroatoms. The van der Waals surface area contributed by atoms with E-state index in [1.54, 1.807) is 0 Å². The van der Waals surface area contributed by atoms with Gasteiger partial charge in [0.1, 0.15) is 5.82 Å². The van der Waals surface area contributed by atoms with E-state index in [9.17, 15) is 24.1 Å². The number of nitro benzene ring substituents is 1. The van der Waals surface area contributed by atoms with Crippen LogP contribution in [0.4, 0.5) is 15.8 Å². The summed E-state index contributed by atoms with van der Waals surface area (Å²) >= 11 is 0. The van der Waals surface area contributed by atoms with E-state index in [-0.39, 0.29) is 29.5 Å². The predicted molar refractivity (Wildman–Crippen MR) is 98.8 cm³/mol. The van der Waals surface area contributed by atoms with Crippen LogP contribution in [0, 0.1) is 15.9 Å². The fraction of sp³-hybridized carbons (Fsp3) is 0.158. The zero-order valence-corrected chi connectivity index (χ0v) is 15.1. The summed E-state index contributed by atoms with van der Waals surface area (Å²) in [7, 11) is 0. The minimum absolute atomic E-state index is 0.0559. The van der Waals surface area contributed by atoms with E-state index in [2.05, 4.69) is 5.32 Å². The number of nitrogens with zero attached hydrogens (tertiary/aromatic N) is 1. The first-order valence-electron chi connectivity index (χ1n) is 8.36. The number of ether oxygens (including phenoxy) is 3. The van der Waals surface area contributed by atoms with Crippen LogP contribution in [-0.4, -0.2) is 29.7 Å². The number of esters is 1. The number of benzene rings is 2. The highest BCUT2D eigenvalue weighted by atomic mass is 19.1. The van der Waals surface area contributed by atoms with Crippen LogP contribution >= 0.6 is 0 Å². The highest BCUT2D eigenvalue weighted by molar-refractivity contribution is 5.96.